The molecule has 2 aliphatic heterocycles. The Morgan fingerprint density at radius 3 is 2.05 bits per heavy atom. The number of nitrogens with zero attached hydrogens (tertiary/aromatic N) is 3. The zero-order chi connectivity index (χ0) is 29.1. The van der Waals surface area contributed by atoms with Gasteiger partial charge in [0.15, 0.2) is 0 Å². The van der Waals surface area contributed by atoms with E-state index in [1.807, 2.05) is 6.07 Å². The number of rotatable bonds is 4. The second-order valence-electron chi connectivity index (χ2n) is 9.49. The Hall–Kier alpha value is -2.94. The lowest BCUT2D eigenvalue weighted by Gasteiger charge is -2.46. The molecule has 1 aliphatic carbocycles. The molecule has 2 saturated heterocycles. The van der Waals surface area contributed by atoms with Crippen LogP contribution in [0.1, 0.15) is 44.9 Å². The fraction of sp³-hybridized carbons (Fsp3) is 0.667. The van der Waals surface area contributed by atoms with Gasteiger partial charge in [0.05, 0.1) is 5.60 Å². The van der Waals surface area contributed by atoms with Crippen LogP contribution in [0.5, 0.6) is 0 Å². The molecule has 0 amide bonds. The molecule has 220 valence electrons. The normalized spacial score (nSPS) is 23.0. The van der Waals surface area contributed by atoms with Gasteiger partial charge in [-0.1, -0.05) is 12.2 Å². The Morgan fingerprint density at radius 1 is 1.00 bits per heavy atom. The number of allylic oxidation sites excluding steroid dienone is 2. The average Bonchev–Trinajstić information content (AvgIpc) is 2.87. The van der Waals surface area contributed by atoms with E-state index < -0.39 is 24.3 Å². The molecule has 1 aromatic heterocycles. The molecule has 3 heterocycles. The summed E-state index contributed by atoms with van der Waals surface area (Å²) in [5.41, 5.74) is 0.0632. The van der Waals surface area contributed by atoms with E-state index in [0.717, 1.165) is 44.2 Å². The second kappa shape index (κ2) is 14.4. The van der Waals surface area contributed by atoms with Crippen LogP contribution < -0.4 is 5.32 Å². The minimum absolute atomic E-state index is 0.0632. The van der Waals surface area contributed by atoms with Gasteiger partial charge in [0.2, 0.25) is 5.95 Å². The SMILES string of the molecule is C1=CCC(CN2CCC3(CC2)CC(Nc2ncccn2)CCO3)CC1.O=C(O)C(F)(F)F.O=C(O)C(F)(F)F. The molecule has 0 bridgehead atoms. The van der Waals surface area contributed by atoms with Crippen LogP contribution in [-0.4, -0.2) is 87.3 Å². The van der Waals surface area contributed by atoms with E-state index in [1.165, 1.54) is 38.9 Å². The Kier molecular flexibility index (Phi) is 12.0. The summed E-state index contributed by atoms with van der Waals surface area (Å²) < 4.78 is 69.8. The maximum Gasteiger partial charge on any atom is 0.490 e. The number of alkyl halides is 6. The number of carboxylic acid groups (broad SMARTS) is 2. The summed E-state index contributed by atoms with van der Waals surface area (Å²) in [6.07, 6.45) is 6.44. The predicted octanol–water partition coefficient (Wildman–Crippen LogP) is 4.53. The van der Waals surface area contributed by atoms with Crippen LogP contribution >= 0.6 is 0 Å². The maximum atomic E-state index is 10.6. The van der Waals surface area contributed by atoms with Gasteiger partial charge in [-0.05, 0) is 56.9 Å². The van der Waals surface area contributed by atoms with Crippen LogP contribution in [0.4, 0.5) is 32.3 Å². The summed E-state index contributed by atoms with van der Waals surface area (Å²) >= 11 is 0. The van der Waals surface area contributed by atoms with E-state index in [9.17, 15) is 26.3 Å². The summed E-state index contributed by atoms with van der Waals surface area (Å²) in [6, 6.07) is 2.28. The van der Waals surface area contributed by atoms with Crippen molar-refractivity contribution in [1.82, 2.24) is 14.9 Å². The van der Waals surface area contributed by atoms with Crippen LogP contribution in [-0.2, 0) is 14.3 Å². The third-order valence-electron chi connectivity index (χ3n) is 6.54. The van der Waals surface area contributed by atoms with Gasteiger partial charge >= 0.3 is 24.3 Å². The molecule has 2 atom stereocenters. The van der Waals surface area contributed by atoms with E-state index >= 15 is 0 Å². The minimum atomic E-state index is -5.08. The molecule has 1 spiro atoms. The number of anilines is 1. The smallest absolute Gasteiger partial charge is 0.475 e. The molecule has 0 aromatic carbocycles. The number of halogens is 6. The molecular formula is C24H32F6N4O5. The van der Waals surface area contributed by atoms with Gasteiger partial charge in [-0.15, -0.1) is 0 Å². The van der Waals surface area contributed by atoms with Gasteiger partial charge in [-0.3, -0.25) is 0 Å². The van der Waals surface area contributed by atoms with Crippen LogP contribution in [0, 0.1) is 5.92 Å². The predicted molar refractivity (Wildman–Crippen MR) is 127 cm³/mol. The highest BCUT2D eigenvalue weighted by molar-refractivity contribution is 5.73. The van der Waals surface area contributed by atoms with Crippen LogP contribution in [0.25, 0.3) is 0 Å². The zero-order valence-corrected chi connectivity index (χ0v) is 21.0. The largest absolute Gasteiger partial charge is 0.490 e. The van der Waals surface area contributed by atoms with Crippen molar-refractivity contribution in [2.45, 2.75) is 68.9 Å². The first-order valence-corrected chi connectivity index (χ1v) is 12.4. The number of carboxylic acids is 2. The molecule has 1 aromatic rings. The van der Waals surface area contributed by atoms with Crippen LogP contribution in [0.3, 0.4) is 0 Å². The Labute approximate surface area is 221 Å². The number of ether oxygens (including phenoxy) is 1. The fourth-order valence-corrected chi connectivity index (χ4v) is 4.59. The van der Waals surface area contributed by atoms with Gasteiger partial charge in [-0.25, -0.2) is 19.6 Å². The van der Waals surface area contributed by atoms with Crippen LogP contribution in [0.15, 0.2) is 30.6 Å². The van der Waals surface area contributed by atoms with Gasteiger partial charge in [0.1, 0.15) is 0 Å². The first-order chi connectivity index (χ1) is 18.2. The number of carbonyl (C=O) groups is 2. The number of aromatic nitrogens is 2. The number of aliphatic carboxylic acids is 2. The third-order valence-corrected chi connectivity index (χ3v) is 6.54. The van der Waals surface area contributed by atoms with E-state index in [0.29, 0.717) is 6.04 Å². The molecule has 0 radical (unpaired) electrons. The maximum absolute atomic E-state index is 10.6. The van der Waals surface area contributed by atoms with Gasteiger partial charge < -0.3 is 25.2 Å². The molecule has 3 N–H and O–H groups in total. The van der Waals surface area contributed by atoms with Crippen molar-refractivity contribution in [3.05, 3.63) is 30.6 Å². The number of hydrogen-bond acceptors (Lipinski definition) is 7. The monoisotopic (exact) mass is 570 g/mol. The van der Waals surface area contributed by atoms with Crippen molar-refractivity contribution in [3.8, 4) is 0 Å². The molecule has 0 saturated carbocycles. The summed E-state index contributed by atoms with van der Waals surface area (Å²) in [5, 5.41) is 17.8. The topological polar surface area (TPSA) is 125 Å². The summed E-state index contributed by atoms with van der Waals surface area (Å²) in [5.74, 6) is -3.91. The number of hydrogen-bond donors (Lipinski definition) is 3. The zero-order valence-electron chi connectivity index (χ0n) is 21.0. The van der Waals surface area contributed by atoms with Crippen molar-refractivity contribution in [2.75, 3.05) is 31.6 Å². The minimum Gasteiger partial charge on any atom is -0.475 e. The Balaban J connectivity index is 0.000000317. The van der Waals surface area contributed by atoms with Crippen molar-refractivity contribution in [3.63, 3.8) is 0 Å². The van der Waals surface area contributed by atoms with Gasteiger partial charge in [-0.2, -0.15) is 26.3 Å². The second-order valence-corrected chi connectivity index (χ2v) is 9.49. The number of nitrogens with one attached hydrogen (secondary N) is 1. The Morgan fingerprint density at radius 2 is 1.56 bits per heavy atom. The Bertz CT molecular complexity index is 913. The lowest BCUT2D eigenvalue weighted by atomic mass is 9.82. The number of piperidine rings is 1. The average molecular weight is 571 g/mol. The lowest BCUT2D eigenvalue weighted by molar-refractivity contribution is -0.193. The van der Waals surface area contributed by atoms with Crippen LogP contribution in [0.2, 0.25) is 0 Å². The van der Waals surface area contributed by atoms with E-state index in [-0.39, 0.29) is 5.60 Å². The highest BCUT2D eigenvalue weighted by Crippen LogP contribution is 2.36. The number of likely N-dealkylation sites (tertiary alicyclic amines) is 1. The highest BCUT2D eigenvalue weighted by Gasteiger charge is 2.41. The summed E-state index contributed by atoms with van der Waals surface area (Å²) in [6.45, 7) is 4.46. The molecular weight excluding hydrogens is 538 g/mol. The van der Waals surface area contributed by atoms with Crippen molar-refractivity contribution in [2.24, 2.45) is 5.92 Å². The molecule has 9 nitrogen and oxygen atoms in total. The van der Waals surface area contributed by atoms with Gasteiger partial charge in [0.25, 0.3) is 0 Å². The van der Waals surface area contributed by atoms with E-state index in [2.05, 4.69) is 32.3 Å². The molecule has 39 heavy (non-hydrogen) atoms. The highest BCUT2D eigenvalue weighted by atomic mass is 19.4. The van der Waals surface area contributed by atoms with Gasteiger partial charge in [0, 0.05) is 44.7 Å². The summed E-state index contributed by atoms with van der Waals surface area (Å²) in [7, 11) is 0. The quantitative estimate of drug-likeness (QED) is 0.354. The first kappa shape index (κ1) is 32.3. The van der Waals surface area contributed by atoms with Crippen molar-refractivity contribution in [1.29, 1.82) is 0 Å². The van der Waals surface area contributed by atoms with Crippen molar-refractivity contribution < 1.29 is 50.9 Å². The third kappa shape index (κ3) is 11.8. The summed E-state index contributed by atoms with van der Waals surface area (Å²) in [4.78, 5) is 29.1. The molecule has 15 heteroatoms. The van der Waals surface area contributed by atoms with E-state index in [1.54, 1.807) is 12.4 Å². The molecule has 2 fully saturated rings. The molecule has 3 aliphatic rings. The molecule has 2 unspecified atom stereocenters. The van der Waals surface area contributed by atoms with E-state index in [4.69, 9.17) is 24.5 Å². The standard InChI is InChI=1S/C20H30N4O.2C2HF3O2/c1-2-5-17(6-3-1)16-24-12-8-20(9-13-24)15-18(7-14-25-20)23-19-21-10-4-11-22-19;2*3-2(4,5)1(6)7/h1-2,4,10-11,17-18H,3,5-9,12-16H2,(H,21,22,23);2*(H,6,7). The molecule has 4 rings (SSSR count). The van der Waals surface area contributed by atoms with Crippen molar-refractivity contribution >= 4 is 17.9 Å². The first-order valence-electron chi connectivity index (χ1n) is 12.4. The fourth-order valence-electron chi connectivity index (χ4n) is 4.59. The lowest BCUT2D eigenvalue weighted by Crippen LogP contribution is -2.52.